The summed E-state index contributed by atoms with van der Waals surface area (Å²) in [4.78, 5) is 15.5. The first-order valence-corrected chi connectivity index (χ1v) is 6.11. The highest BCUT2D eigenvalue weighted by atomic mass is 16.5. The van der Waals surface area contributed by atoms with Crippen molar-refractivity contribution in [3.8, 4) is 0 Å². The van der Waals surface area contributed by atoms with E-state index < -0.39 is 0 Å². The van der Waals surface area contributed by atoms with Crippen molar-refractivity contribution in [3.63, 3.8) is 0 Å². The Balaban J connectivity index is 1.91. The van der Waals surface area contributed by atoms with Crippen LogP contribution in [0.5, 0.6) is 0 Å². The Labute approximate surface area is 100 Å². The number of amides is 1. The molecule has 1 amide bonds. The molecule has 1 aliphatic heterocycles. The summed E-state index contributed by atoms with van der Waals surface area (Å²) in [6.07, 6.45) is 3.10. The minimum absolute atomic E-state index is 0.130. The minimum Gasteiger partial charge on any atom is -0.349 e. The van der Waals surface area contributed by atoms with E-state index in [0.29, 0.717) is 18.4 Å². The smallest absolute Gasteiger partial charge is 0.292 e. The average molecular weight is 238 g/mol. The second kappa shape index (κ2) is 5.77. The Hall–Kier alpha value is -1.43. The first-order chi connectivity index (χ1) is 8.29. The van der Waals surface area contributed by atoms with Gasteiger partial charge in [-0.1, -0.05) is 5.16 Å². The van der Waals surface area contributed by atoms with Gasteiger partial charge in [-0.05, 0) is 38.8 Å². The molecule has 1 unspecified atom stereocenters. The van der Waals surface area contributed by atoms with Gasteiger partial charge in [0.1, 0.15) is 0 Å². The van der Waals surface area contributed by atoms with Crippen LogP contribution in [-0.4, -0.2) is 35.7 Å². The molecule has 1 aliphatic rings. The fourth-order valence-electron chi connectivity index (χ4n) is 2.01. The number of aromatic nitrogens is 2. The van der Waals surface area contributed by atoms with Gasteiger partial charge in [-0.2, -0.15) is 4.98 Å². The zero-order valence-electron chi connectivity index (χ0n) is 10.0. The third-order valence-electron chi connectivity index (χ3n) is 2.87. The highest BCUT2D eigenvalue weighted by molar-refractivity contribution is 5.90. The number of carbonyl (C=O) groups is 1. The molecule has 0 bridgehead atoms. The van der Waals surface area contributed by atoms with Crippen molar-refractivity contribution in [1.82, 2.24) is 20.8 Å². The van der Waals surface area contributed by atoms with Gasteiger partial charge >= 0.3 is 0 Å². The van der Waals surface area contributed by atoms with E-state index in [1.807, 2.05) is 6.92 Å². The fraction of sp³-hybridized carbons (Fsp3) is 0.727. The number of hydrogen-bond acceptors (Lipinski definition) is 5. The molecule has 94 valence electrons. The van der Waals surface area contributed by atoms with Crippen molar-refractivity contribution >= 4 is 5.91 Å². The van der Waals surface area contributed by atoms with Crippen LogP contribution in [0.4, 0.5) is 0 Å². The third-order valence-corrected chi connectivity index (χ3v) is 2.87. The summed E-state index contributed by atoms with van der Waals surface area (Å²) in [5.74, 6) is 0.945. The standard InChI is InChI=1S/C11H18N4O2/c1-2-13-11(16)10-14-9(17-15-10)6-8-4-3-5-12-7-8/h8,12H,2-7H2,1H3,(H,13,16). The normalized spacial score (nSPS) is 20.2. The van der Waals surface area contributed by atoms with Gasteiger partial charge in [0, 0.05) is 13.0 Å². The number of hydrogen-bond donors (Lipinski definition) is 2. The predicted molar refractivity (Wildman–Crippen MR) is 61.6 cm³/mol. The van der Waals surface area contributed by atoms with Crippen LogP contribution in [0.25, 0.3) is 0 Å². The molecular weight excluding hydrogens is 220 g/mol. The molecule has 1 aromatic heterocycles. The van der Waals surface area contributed by atoms with Gasteiger partial charge in [-0.15, -0.1) is 0 Å². The molecule has 1 saturated heterocycles. The lowest BCUT2D eigenvalue weighted by Gasteiger charge is -2.20. The maximum Gasteiger partial charge on any atom is 0.292 e. The molecule has 6 nitrogen and oxygen atoms in total. The molecular formula is C11H18N4O2. The van der Waals surface area contributed by atoms with Crippen LogP contribution < -0.4 is 10.6 Å². The summed E-state index contributed by atoms with van der Waals surface area (Å²) < 4.78 is 5.09. The number of carbonyl (C=O) groups excluding carboxylic acids is 1. The summed E-state index contributed by atoms with van der Waals surface area (Å²) in [6.45, 7) is 4.49. The SMILES string of the molecule is CCNC(=O)c1noc(CC2CCCNC2)n1. The van der Waals surface area contributed by atoms with Crippen LogP contribution >= 0.6 is 0 Å². The molecule has 2 heterocycles. The van der Waals surface area contributed by atoms with Gasteiger partial charge in [0.15, 0.2) is 0 Å². The number of piperidine rings is 1. The van der Waals surface area contributed by atoms with Crippen LogP contribution in [0.3, 0.4) is 0 Å². The maximum absolute atomic E-state index is 11.4. The number of nitrogens with zero attached hydrogens (tertiary/aromatic N) is 2. The summed E-state index contributed by atoms with van der Waals surface area (Å²) >= 11 is 0. The molecule has 2 rings (SSSR count). The lowest BCUT2D eigenvalue weighted by Crippen LogP contribution is -2.31. The highest BCUT2D eigenvalue weighted by Gasteiger charge is 2.19. The Morgan fingerprint density at radius 2 is 2.53 bits per heavy atom. The molecule has 2 N–H and O–H groups in total. The monoisotopic (exact) mass is 238 g/mol. The maximum atomic E-state index is 11.4. The van der Waals surface area contributed by atoms with Crippen molar-refractivity contribution in [2.75, 3.05) is 19.6 Å². The molecule has 1 aromatic rings. The van der Waals surface area contributed by atoms with Gasteiger partial charge < -0.3 is 15.2 Å². The summed E-state index contributed by atoms with van der Waals surface area (Å²) in [7, 11) is 0. The fourth-order valence-corrected chi connectivity index (χ4v) is 2.01. The summed E-state index contributed by atoms with van der Waals surface area (Å²) in [5.41, 5.74) is 0. The van der Waals surface area contributed by atoms with Crippen molar-refractivity contribution in [2.24, 2.45) is 5.92 Å². The summed E-state index contributed by atoms with van der Waals surface area (Å²) in [6, 6.07) is 0. The second-order valence-corrected chi connectivity index (χ2v) is 4.29. The quantitative estimate of drug-likeness (QED) is 0.791. The highest BCUT2D eigenvalue weighted by Crippen LogP contribution is 2.15. The van der Waals surface area contributed by atoms with Gasteiger partial charge in [0.05, 0.1) is 0 Å². The predicted octanol–water partition coefficient (Wildman–Crippen LogP) is 0.361. The first kappa shape index (κ1) is 12.0. The van der Waals surface area contributed by atoms with Crippen molar-refractivity contribution in [1.29, 1.82) is 0 Å². The van der Waals surface area contributed by atoms with Gasteiger partial charge in [0.25, 0.3) is 11.7 Å². The first-order valence-electron chi connectivity index (χ1n) is 6.11. The molecule has 1 fully saturated rings. The molecule has 0 radical (unpaired) electrons. The van der Waals surface area contributed by atoms with E-state index in [1.165, 1.54) is 12.8 Å². The van der Waals surface area contributed by atoms with E-state index in [9.17, 15) is 4.79 Å². The van der Waals surface area contributed by atoms with E-state index in [4.69, 9.17) is 4.52 Å². The van der Waals surface area contributed by atoms with E-state index in [1.54, 1.807) is 0 Å². The number of nitrogens with one attached hydrogen (secondary N) is 2. The van der Waals surface area contributed by atoms with E-state index >= 15 is 0 Å². The van der Waals surface area contributed by atoms with Crippen molar-refractivity contribution in [2.45, 2.75) is 26.2 Å². The van der Waals surface area contributed by atoms with Crippen LogP contribution in [0.2, 0.25) is 0 Å². The van der Waals surface area contributed by atoms with Crippen LogP contribution in [0.1, 0.15) is 36.3 Å². The second-order valence-electron chi connectivity index (χ2n) is 4.29. The van der Waals surface area contributed by atoms with Crippen molar-refractivity contribution in [3.05, 3.63) is 11.7 Å². The van der Waals surface area contributed by atoms with Gasteiger partial charge in [-0.3, -0.25) is 4.79 Å². The molecule has 0 aromatic carbocycles. The lowest BCUT2D eigenvalue weighted by atomic mass is 9.96. The number of rotatable bonds is 4. The van der Waals surface area contributed by atoms with Gasteiger partial charge in [0.2, 0.25) is 5.89 Å². The van der Waals surface area contributed by atoms with E-state index in [0.717, 1.165) is 19.5 Å². The van der Waals surface area contributed by atoms with Crippen LogP contribution in [0, 0.1) is 5.92 Å². The Morgan fingerprint density at radius 3 is 3.24 bits per heavy atom. The third kappa shape index (κ3) is 3.26. The largest absolute Gasteiger partial charge is 0.349 e. The van der Waals surface area contributed by atoms with Crippen LogP contribution in [-0.2, 0) is 6.42 Å². The molecule has 0 spiro atoms. The Kier molecular flexibility index (Phi) is 4.08. The molecule has 17 heavy (non-hydrogen) atoms. The molecule has 0 saturated carbocycles. The van der Waals surface area contributed by atoms with Crippen LogP contribution in [0.15, 0.2) is 4.52 Å². The summed E-state index contributed by atoms with van der Waals surface area (Å²) in [5, 5.41) is 9.66. The zero-order chi connectivity index (χ0) is 12.1. The lowest BCUT2D eigenvalue weighted by molar-refractivity contribution is 0.0942. The van der Waals surface area contributed by atoms with Gasteiger partial charge in [-0.25, -0.2) is 0 Å². The molecule has 0 aliphatic carbocycles. The molecule has 6 heteroatoms. The van der Waals surface area contributed by atoms with E-state index in [2.05, 4.69) is 20.8 Å². The Morgan fingerprint density at radius 1 is 1.65 bits per heavy atom. The average Bonchev–Trinajstić information content (AvgIpc) is 2.79. The van der Waals surface area contributed by atoms with Crippen molar-refractivity contribution < 1.29 is 9.32 Å². The minimum atomic E-state index is -0.274. The zero-order valence-corrected chi connectivity index (χ0v) is 10.0. The Bertz CT molecular complexity index is 371. The van der Waals surface area contributed by atoms with E-state index in [-0.39, 0.29) is 11.7 Å². The molecule has 1 atom stereocenters. The topological polar surface area (TPSA) is 80.0 Å².